The second-order valence-corrected chi connectivity index (χ2v) is 7.91. The zero-order chi connectivity index (χ0) is 19.5. The second kappa shape index (κ2) is 8.31. The molecule has 0 saturated carbocycles. The van der Waals surface area contributed by atoms with Crippen LogP contribution in [0.25, 0.3) is 5.69 Å². The molecule has 2 fully saturated rings. The Kier molecular flexibility index (Phi) is 5.62. The van der Waals surface area contributed by atoms with Crippen molar-refractivity contribution in [3.8, 4) is 5.69 Å². The number of hydrogen-bond donors (Lipinski definition) is 1. The molecule has 0 radical (unpaired) electrons. The van der Waals surface area contributed by atoms with Crippen molar-refractivity contribution in [2.75, 3.05) is 26.2 Å². The van der Waals surface area contributed by atoms with Crippen LogP contribution >= 0.6 is 0 Å². The molecule has 0 bridgehead atoms. The van der Waals surface area contributed by atoms with E-state index in [0.717, 1.165) is 69.8 Å². The molecule has 1 atom stereocenters. The number of para-hydroxylation sites is 1. The fourth-order valence-electron chi connectivity index (χ4n) is 4.45. The molecule has 2 saturated heterocycles. The Balaban J connectivity index is 1.48. The van der Waals surface area contributed by atoms with E-state index in [9.17, 15) is 9.59 Å². The summed E-state index contributed by atoms with van der Waals surface area (Å²) in [5, 5.41) is 7.92. The molecule has 2 aromatic rings. The van der Waals surface area contributed by atoms with Crippen LogP contribution in [0.4, 0.5) is 0 Å². The number of amides is 1. The lowest BCUT2D eigenvalue weighted by molar-refractivity contribution is -0.137. The van der Waals surface area contributed by atoms with Gasteiger partial charge in [0.2, 0.25) is 5.91 Å². The van der Waals surface area contributed by atoms with Crippen LogP contribution in [0.1, 0.15) is 43.8 Å². The number of nitrogens with zero attached hydrogens (tertiary/aromatic N) is 4. The number of hydrogen-bond acceptors (Lipinski definition) is 4. The predicted octanol–water partition coefficient (Wildman–Crippen LogP) is 1.67. The molecule has 7 heteroatoms. The van der Waals surface area contributed by atoms with E-state index in [-0.39, 0.29) is 17.5 Å². The van der Waals surface area contributed by atoms with Crippen molar-refractivity contribution in [1.82, 2.24) is 24.6 Å². The summed E-state index contributed by atoms with van der Waals surface area (Å²) < 4.78 is 3.14. The summed E-state index contributed by atoms with van der Waals surface area (Å²) in [7, 11) is 1.70. The number of rotatable bonds is 3. The Hall–Kier alpha value is -2.41. The van der Waals surface area contributed by atoms with Gasteiger partial charge in [0.25, 0.3) is 0 Å². The summed E-state index contributed by atoms with van der Waals surface area (Å²) in [6.07, 6.45) is 4.69. The van der Waals surface area contributed by atoms with E-state index >= 15 is 0 Å². The molecule has 3 heterocycles. The van der Waals surface area contributed by atoms with Crippen molar-refractivity contribution in [3.63, 3.8) is 0 Å². The van der Waals surface area contributed by atoms with Crippen LogP contribution in [-0.2, 0) is 11.8 Å². The number of aromatic nitrogens is 3. The van der Waals surface area contributed by atoms with Crippen LogP contribution < -0.4 is 11.0 Å². The first-order valence-corrected chi connectivity index (χ1v) is 10.4. The lowest BCUT2D eigenvalue weighted by atomic mass is 9.93. The lowest BCUT2D eigenvalue weighted by Gasteiger charge is -2.33. The van der Waals surface area contributed by atoms with Gasteiger partial charge in [-0.15, -0.1) is 0 Å². The molecule has 2 aliphatic rings. The average Bonchev–Trinajstić information content (AvgIpc) is 2.92. The first-order valence-electron chi connectivity index (χ1n) is 10.4. The van der Waals surface area contributed by atoms with Crippen molar-refractivity contribution in [2.45, 2.75) is 38.0 Å². The van der Waals surface area contributed by atoms with Gasteiger partial charge in [-0.2, -0.15) is 5.10 Å². The van der Waals surface area contributed by atoms with Crippen molar-refractivity contribution < 1.29 is 4.79 Å². The fraction of sp³-hybridized carbons (Fsp3) is 0.571. The van der Waals surface area contributed by atoms with Crippen molar-refractivity contribution in [3.05, 3.63) is 46.6 Å². The van der Waals surface area contributed by atoms with Crippen LogP contribution in [-0.4, -0.2) is 51.3 Å². The second-order valence-electron chi connectivity index (χ2n) is 7.91. The van der Waals surface area contributed by atoms with Gasteiger partial charge in [-0.25, -0.2) is 14.0 Å². The molecule has 7 nitrogen and oxygen atoms in total. The molecule has 150 valence electrons. The molecule has 0 unspecified atom stereocenters. The molecule has 4 rings (SSSR count). The first kappa shape index (κ1) is 18.9. The van der Waals surface area contributed by atoms with Gasteiger partial charge in [0.1, 0.15) is 5.82 Å². The molecule has 0 spiro atoms. The standard InChI is InChI=1S/C21H29N5O2/c1-24-21(28)26(18-7-3-2-4-8-18)19(23-24)16-10-14-25(15-11-16)20(27)17-6-5-12-22-13-9-17/h2-4,7-8,16-17,22H,5-6,9-15H2,1H3/t17-/m1/s1. The summed E-state index contributed by atoms with van der Waals surface area (Å²) in [6, 6.07) is 9.68. The average molecular weight is 383 g/mol. The molecule has 1 aromatic carbocycles. The molecular formula is C21H29N5O2. The fourth-order valence-corrected chi connectivity index (χ4v) is 4.45. The quantitative estimate of drug-likeness (QED) is 0.875. The van der Waals surface area contributed by atoms with Gasteiger partial charge >= 0.3 is 5.69 Å². The van der Waals surface area contributed by atoms with E-state index < -0.39 is 0 Å². The topological polar surface area (TPSA) is 72.2 Å². The Morgan fingerprint density at radius 2 is 1.82 bits per heavy atom. The highest BCUT2D eigenvalue weighted by Crippen LogP contribution is 2.29. The number of carbonyl (C=O) groups excluding carboxylic acids is 1. The largest absolute Gasteiger partial charge is 0.350 e. The third kappa shape index (κ3) is 3.76. The highest BCUT2D eigenvalue weighted by Gasteiger charge is 2.31. The minimum Gasteiger partial charge on any atom is -0.342 e. The third-order valence-electron chi connectivity index (χ3n) is 6.06. The van der Waals surface area contributed by atoms with Crippen LogP contribution in [0, 0.1) is 5.92 Å². The van der Waals surface area contributed by atoms with Crippen LogP contribution in [0.15, 0.2) is 35.1 Å². The maximum absolute atomic E-state index is 12.9. The number of benzene rings is 1. The van der Waals surface area contributed by atoms with Gasteiger partial charge in [0, 0.05) is 32.0 Å². The highest BCUT2D eigenvalue weighted by molar-refractivity contribution is 5.79. The van der Waals surface area contributed by atoms with Crippen molar-refractivity contribution in [1.29, 1.82) is 0 Å². The van der Waals surface area contributed by atoms with E-state index in [0.29, 0.717) is 5.91 Å². The smallest absolute Gasteiger partial charge is 0.342 e. The van der Waals surface area contributed by atoms with Crippen LogP contribution in [0.2, 0.25) is 0 Å². The summed E-state index contributed by atoms with van der Waals surface area (Å²) >= 11 is 0. The maximum atomic E-state index is 12.9. The molecule has 0 aliphatic carbocycles. The molecule has 1 N–H and O–H groups in total. The Morgan fingerprint density at radius 3 is 2.57 bits per heavy atom. The molecule has 2 aliphatic heterocycles. The van der Waals surface area contributed by atoms with E-state index in [1.54, 1.807) is 11.6 Å². The summed E-state index contributed by atoms with van der Waals surface area (Å²) in [4.78, 5) is 27.6. The zero-order valence-corrected chi connectivity index (χ0v) is 16.5. The van der Waals surface area contributed by atoms with Crippen molar-refractivity contribution >= 4 is 5.91 Å². The van der Waals surface area contributed by atoms with Gasteiger partial charge < -0.3 is 10.2 Å². The first-order chi connectivity index (χ1) is 13.6. The molecule has 28 heavy (non-hydrogen) atoms. The van der Waals surface area contributed by atoms with Crippen LogP contribution in [0.3, 0.4) is 0 Å². The third-order valence-corrected chi connectivity index (χ3v) is 6.06. The van der Waals surface area contributed by atoms with Gasteiger partial charge in [-0.1, -0.05) is 18.2 Å². The number of aryl methyl sites for hydroxylation is 1. The normalized spacial score (nSPS) is 21.5. The predicted molar refractivity (Wildman–Crippen MR) is 108 cm³/mol. The number of piperidine rings is 1. The Labute approximate surface area is 165 Å². The van der Waals surface area contributed by atoms with E-state index in [1.807, 2.05) is 35.2 Å². The minimum absolute atomic E-state index is 0.120. The summed E-state index contributed by atoms with van der Waals surface area (Å²) in [5.41, 5.74) is 0.728. The zero-order valence-electron chi connectivity index (χ0n) is 16.5. The van der Waals surface area contributed by atoms with Gasteiger partial charge in [0.05, 0.1) is 5.69 Å². The van der Waals surface area contributed by atoms with Gasteiger partial charge in [0.15, 0.2) is 0 Å². The molecule has 1 amide bonds. The van der Waals surface area contributed by atoms with E-state index in [1.165, 1.54) is 4.68 Å². The lowest BCUT2D eigenvalue weighted by Crippen LogP contribution is -2.42. The van der Waals surface area contributed by atoms with Gasteiger partial charge in [-0.05, 0) is 57.3 Å². The summed E-state index contributed by atoms with van der Waals surface area (Å²) in [6.45, 7) is 3.44. The Morgan fingerprint density at radius 1 is 1.07 bits per heavy atom. The summed E-state index contributed by atoms with van der Waals surface area (Å²) in [5.74, 6) is 1.46. The van der Waals surface area contributed by atoms with E-state index in [2.05, 4.69) is 10.4 Å². The minimum atomic E-state index is -0.120. The molecule has 1 aromatic heterocycles. The SMILES string of the molecule is Cn1nc(C2CCN(C(=O)[C@@H]3CCCNCC3)CC2)n(-c2ccccc2)c1=O. The molecular weight excluding hydrogens is 354 g/mol. The number of carbonyl (C=O) groups is 1. The van der Waals surface area contributed by atoms with Crippen molar-refractivity contribution in [2.24, 2.45) is 13.0 Å². The highest BCUT2D eigenvalue weighted by atomic mass is 16.2. The number of likely N-dealkylation sites (tertiary alicyclic amines) is 1. The van der Waals surface area contributed by atoms with Gasteiger partial charge in [-0.3, -0.25) is 4.79 Å². The van der Waals surface area contributed by atoms with Crippen LogP contribution in [0.5, 0.6) is 0 Å². The number of nitrogens with one attached hydrogen (secondary N) is 1. The Bertz CT molecular complexity index is 857. The maximum Gasteiger partial charge on any atom is 0.350 e. The monoisotopic (exact) mass is 383 g/mol. The van der Waals surface area contributed by atoms with E-state index in [4.69, 9.17) is 0 Å².